The van der Waals surface area contributed by atoms with Crippen LogP contribution >= 0.6 is 15.9 Å². The van der Waals surface area contributed by atoms with Crippen LogP contribution < -0.4 is 11.1 Å². The number of nitrogens with zero attached hydrogens (tertiary/aromatic N) is 1. The van der Waals surface area contributed by atoms with Gasteiger partial charge in [0.25, 0.3) is 0 Å². The molecule has 0 bridgehead atoms. The van der Waals surface area contributed by atoms with Crippen LogP contribution in [0, 0.1) is 12.8 Å². The normalized spacial score (nSPS) is 23.7. The third-order valence-electron chi connectivity index (χ3n) is 3.15. The fraction of sp³-hybridized carbons (Fsp3) is 0.500. The highest BCUT2D eigenvalue weighted by atomic mass is 79.9. The minimum Gasteiger partial charge on any atom is -0.328 e. The monoisotopic (exact) mass is 297 g/mol. The molecule has 1 saturated carbocycles. The highest BCUT2D eigenvalue weighted by molar-refractivity contribution is 9.10. The maximum absolute atomic E-state index is 12.0. The van der Waals surface area contributed by atoms with Crippen LogP contribution in [-0.4, -0.2) is 16.9 Å². The van der Waals surface area contributed by atoms with Crippen LogP contribution in [0.5, 0.6) is 0 Å². The number of carbonyl (C=O) groups excluding carboxylic acids is 1. The lowest BCUT2D eigenvalue weighted by Crippen LogP contribution is -2.23. The molecule has 1 heterocycles. The van der Waals surface area contributed by atoms with Crippen LogP contribution in [0.3, 0.4) is 0 Å². The number of anilines is 1. The van der Waals surface area contributed by atoms with Crippen molar-refractivity contribution < 1.29 is 4.79 Å². The zero-order chi connectivity index (χ0) is 12.4. The Labute approximate surface area is 109 Å². The summed E-state index contributed by atoms with van der Waals surface area (Å²) in [6.45, 7) is 1.88. The predicted octanol–water partition coefficient (Wildman–Crippen LogP) is 2.22. The van der Waals surface area contributed by atoms with E-state index in [2.05, 4.69) is 26.2 Å². The number of nitrogens with two attached hydrogens (primary N) is 1. The van der Waals surface area contributed by atoms with E-state index in [1.54, 1.807) is 0 Å². The average molecular weight is 298 g/mol. The van der Waals surface area contributed by atoms with Gasteiger partial charge in [0.15, 0.2) is 0 Å². The first-order valence-corrected chi connectivity index (χ1v) is 6.55. The van der Waals surface area contributed by atoms with Crippen LogP contribution in [0.25, 0.3) is 0 Å². The summed E-state index contributed by atoms with van der Waals surface area (Å²) in [4.78, 5) is 16.2. The first-order valence-electron chi connectivity index (χ1n) is 5.76. The lowest BCUT2D eigenvalue weighted by Gasteiger charge is -2.12. The van der Waals surface area contributed by atoms with Crippen molar-refractivity contribution in [2.45, 2.75) is 32.2 Å². The van der Waals surface area contributed by atoms with E-state index < -0.39 is 0 Å². The molecule has 1 aliphatic carbocycles. The molecule has 0 spiro atoms. The lowest BCUT2D eigenvalue weighted by atomic mass is 10.1. The third kappa shape index (κ3) is 3.04. The van der Waals surface area contributed by atoms with Crippen LogP contribution in [0.15, 0.2) is 16.7 Å². The highest BCUT2D eigenvalue weighted by Crippen LogP contribution is 2.26. The summed E-state index contributed by atoms with van der Waals surface area (Å²) >= 11 is 3.30. The SMILES string of the molecule is Cc1nc(Br)ccc1NC(=O)C1CCC(N)C1. The minimum absolute atomic E-state index is 0.0491. The zero-order valence-electron chi connectivity index (χ0n) is 9.74. The standard InChI is InChI=1S/C12H16BrN3O/c1-7-10(4-5-11(13)15-7)16-12(17)8-2-3-9(14)6-8/h4-5,8-9H,2-3,6,14H2,1H3,(H,16,17). The smallest absolute Gasteiger partial charge is 0.227 e. The minimum atomic E-state index is 0.0491. The van der Waals surface area contributed by atoms with Gasteiger partial charge in [-0.25, -0.2) is 4.98 Å². The molecule has 5 heteroatoms. The van der Waals surface area contributed by atoms with Gasteiger partial charge in [-0.05, 0) is 54.2 Å². The van der Waals surface area contributed by atoms with Gasteiger partial charge in [0.05, 0.1) is 11.4 Å². The first-order chi connectivity index (χ1) is 8.06. The van der Waals surface area contributed by atoms with Crippen LogP contribution in [0.1, 0.15) is 25.0 Å². The largest absolute Gasteiger partial charge is 0.328 e. The van der Waals surface area contributed by atoms with E-state index in [9.17, 15) is 4.79 Å². The van der Waals surface area contributed by atoms with E-state index in [0.717, 1.165) is 35.2 Å². The number of pyridine rings is 1. The molecule has 0 aliphatic heterocycles. The van der Waals surface area contributed by atoms with Crippen molar-refractivity contribution in [1.82, 2.24) is 4.98 Å². The van der Waals surface area contributed by atoms with Gasteiger partial charge in [0, 0.05) is 12.0 Å². The molecular formula is C12H16BrN3O. The van der Waals surface area contributed by atoms with Crippen molar-refractivity contribution in [3.05, 3.63) is 22.4 Å². The zero-order valence-corrected chi connectivity index (χ0v) is 11.3. The summed E-state index contributed by atoms with van der Waals surface area (Å²) in [7, 11) is 0. The van der Waals surface area contributed by atoms with Gasteiger partial charge in [-0.3, -0.25) is 4.79 Å². The Balaban J connectivity index is 2.03. The summed E-state index contributed by atoms with van der Waals surface area (Å²) in [5.41, 5.74) is 7.40. The molecule has 0 radical (unpaired) electrons. The van der Waals surface area contributed by atoms with Gasteiger partial charge in [0.2, 0.25) is 5.91 Å². The van der Waals surface area contributed by atoms with Crippen LogP contribution in [0.2, 0.25) is 0 Å². The van der Waals surface area contributed by atoms with Gasteiger partial charge >= 0.3 is 0 Å². The number of hydrogen-bond donors (Lipinski definition) is 2. The van der Waals surface area contributed by atoms with Crippen molar-refractivity contribution >= 4 is 27.5 Å². The van der Waals surface area contributed by atoms with Gasteiger partial charge in [-0.1, -0.05) is 0 Å². The van der Waals surface area contributed by atoms with E-state index in [1.165, 1.54) is 0 Å². The fourth-order valence-corrected chi connectivity index (χ4v) is 2.55. The van der Waals surface area contributed by atoms with Gasteiger partial charge in [-0.15, -0.1) is 0 Å². The second-order valence-corrected chi connectivity index (χ2v) is 5.34. The molecular weight excluding hydrogens is 282 g/mol. The van der Waals surface area contributed by atoms with Crippen molar-refractivity contribution in [3.63, 3.8) is 0 Å². The van der Waals surface area contributed by atoms with Crippen molar-refractivity contribution in [1.29, 1.82) is 0 Å². The highest BCUT2D eigenvalue weighted by Gasteiger charge is 2.27. The molecule has 0 aromatic carbocycles. The maximum Gasteiger partial charge on any atom is 0.227 e. The quantitative estimate of drug-likeness (QED) is 0.823. The maximum atomic E-state index is 12.0. The van der Waals surface area contributed by atoms with E-state index in [4.69, 9.17) is 5.73 Å². The van der Waals surface area contributed by atoms with Crippen LogP contribution in [0.4, 0.5) is 5.69 Å². The number of rotatable bonds is 2. The molecule has 1 aromatic rings. The molecule has 1 fully saturated rings. The van der Waals surface area contributed by atoms with Gasteiger partial charge < -0.3 is 11.1 Å². The van der Waals surface area contributed by atoms with Crippen molar-refractivity contribution in [2.24, 2.45) is 11.7 Å². The fourth-order valence-electron chi connectivity index (χ4n) is 2.15. The molecule has 4 nitrogen and oxygen atoms in total. The molecule has 1 aliphatic rings. The number of carbonyl (C=O) groups is 1. The number of nitrogens with one attached hydrogen (secondary N) is 1. The Morgan fingerprint density at radius 2 is 2.29 bits per heavy atom. The molecule has 92 valence electrons. The Morgan fingerprint density at radius 3 is 2.88 bits per heavy atom. The Kier molecular flexibility index (Phi) is 3.79. The molecule has 0 saturated heterocycles. The number of amides is 1. The van der Waals surface area contributed by atoms with Gasteiger partial charge in [0.1, 0.15) is 4.60 Å². The Bertz CT molecular complexity index is 436. The Morgan fingerprint density at radius 1 is 1.53 bits per heavy atom. The molecule has 1 aromatic heterocycles. The summed E-state index contributed by atoms with van der Waals surface area (Å²) in [6.07, 6.45) is 2.61. The first kappa shape index (κ1) is 12.5. The summed E-state index contributed by atoms with van der Waals surface area (Å²) in [6, 6.07) is 3.86. The Hall–Kier alpha value is -0.940. The topological polar surface area (TPSA) is 68.0 Å². The second kappa shape index (κ2) is 5.14. The number of halogens is 1. The second-order valence-electron chi connectivity index (χ2n) is 4.53. The van der Waals surface area contributed by atoms with Gasteiger partial charge in [-0.2, -0.15) is 0 Å². The van der Waals surface area contributed by atoms with E-state index in [0.29, 0.717) is 0 Å². The average Bonchev–Trinajstić information content (AvgIpc) is 2.69. The van der Waals surface area contributed by atoms with E-state index >= 15 is 0 Å². The summed E-state index contributed by atoms with van der Waals surface area (Å²) in [5, 5.41) is 2.92. The van der Waals surface area contributed by atoms with E-state index in [-0.39, 0.29) is 17.9 Å². The molecule has 3 N–H and O–H groups in total. The van der Waals surface area contributed by atoms with Crippen molar-refractivity contribution in [3.8, 4) is 0 Å². The summed E-state index contributed by atoms with van der Waals surface area (Å²) < 4.78 is 0.774. The third-order valence-corrected chi connectivity index (χ3v) is 3.60. The van der Waals surface area contributed by atoms with Crippen LogP contribution in [-0.2, 0) is 4.79 Å². The molecule has 2 unspecified atom stereocenters. The molecule has 2 atom stereocenters. The lowest BCUT2D eigenvalue weighted by molar-refractivity contribution is -0.119. The molecule has 2 rings (SSSR count). The number of aryl methyl sites for hydroxylation is 1. The predicted molar refractivity (Wildman–Crippen MR) is 70.6 cm³/mol. The summed E-state index contributed by atoms with van der Waals surface area (Å²) in [5.74, 6) is 0.109. The molecule has 17 heavy (non-hydrogen) atoms. The number of aromatic nitrogens is 1. The molecule has 1 amide bonds. The van der Waals surface area contributed by atoms with Crippen molar-refractivity contribution in [2.75, 3.05) is 5.32 Å². The number of hydrogen-bond acceptors (Lipinski definition) is 3. The van der Waals surface area contributed by atoms with E-state index in [1.807, 2.05) is 19.1 Å².